The topological polar surface area (TPSA) is 127 Å². The molecule has 2 N–H and O–H groups in total. The number of carbonyl (C=O) groups is 2. The number of furan rings is 1. The minimum atomic E-state index is -0.602. The summed E-state index contributed by atoms with van der Waals surface area (Å²) in [6.07, 6.45) is 1.40. The molecule has 0 spiro atoms. The lowest BCUT2D eigenvalue weighted by Crippen LogP contribution is -2.13. The van der Waals surface area contributed by atoms with Gasteiger partial charge in [-0.2, -0.15) is 0 Å². The van der Waals surface area contributed by atoms with Gasteiger partial charge in [0.25, 0.3) is 17.5 Å². The van der Waals surface area contributed by atoms with E-state index in [-0.39, 0.29) is 17.0 Å². The molecule has 4 aromatic rings. The highest BCUT2D eigenvalue weighted by Crippen LogP contribution is 2.29. The van der Waals surface area contributed by atoms with E-state index in [1.807, 2.05) is 0 Å². The number of fused-ring (bicyclic) bond motifs is 1. The van der Waals surface area contributed by atoms with Crippen LogP contribution in [0.15, 0.2) is 65.3 Å². The third-order valence-corrected chi connectivity index (χ3v) is 4.89. The summed E-state index contributed by atoms with van der Waals surface area (Å²) < 4.78 is 5.76. The molecule has 0 fully saturated rings. The van der Waals surface area contributed by atoms with Crippen LogP contribution in [0.1, 0.15) is 20.9 Å². The molecule has 0 aliphatic rings. The first-order chi connectivity index (χ1) is 14.0. The lowest BCUT2D eigenvalue weighted by molar-refractivity contribution is -0.385. The molecular weight excluding hydrogens is 396 g/mol. The fraction of sp³-hybridized carbons (Fsp3) is 0. The first-order valence-electron chi connectivity index (χ1n) is 8.31. The lowest BCUT2D eigenvalue weighted by atomic mass is 10.1. The maximum Gasteiger partial charge on any atom is 0.293 e. The monoisotopic (exact) mass is 408 g/mol. The van der Waals surface area contributed by atoms with Crippen molar-refractivity contribution in [3.63, 3.8) is 0 Å². The first kappa shape index (κ1) is 18.3. The Bertz CT molecular complexity index is 1230. The number of anilines is 2. The van der Waals surface area contributed by atoms with E-state index in [9.17, 15) is 19.7 Å². The number of nitrogens with zero attached hydrogens (tertiary/aromatic N) is 2. The number of thiazole rings is 1. The van der Waals surface area contributed by atoms with Gasteiger partial charge in [-0.05, 0) is 36.4 Å². The number of benzene rings is 2. The van der Waals surface area contributed by atoms with Gasteiger partial charge in [0.05, 0.1) is 21.4 Å². The lowest BCUT2D eigenvalue weighted by Gasteiger charge is -2.05. The van der Waals surface area contributed by atoms with E-state index in [2.05, 4.69) is 15.6 Å². The maximum absolute atomic E-state index is 12.5. The van der Waals surface area contributed by atoms with Crippen molar-refractivity contribution in [1.82, 2.24) is 4.98 Å². The number of rotatable bonds is 5. The molecule has 2 amide bonds. The van der Waals surface area contributed by atoms with Crippen molar-refractivity contribution < 1.29 is 18.9 Å². The molecule has 4 rings (SSSR count). The van der Waals surface area contributed by atoms with Crippen LogP contribution in [0, 0.1) is 10.1 Å². The summed E-state index contributed by atoms with van der Waals surface area (Å²) in [6, 6.07) is 13.9. The summed E-state index contributed by atoms with van der Waals surface area (Å²) in [7, 11) is 0. The molecule has 0 aliphatic heterocycles. The third kappa shape index (κ3) is 3.82. The van der Waals surface area contributed by atoms with Crippen molar-refractivity contribution in [2.75, 3.05) is 10.6 Å². The minimum absolute atomic E-state index is 0.0340. The molecular formula is C19H12N4O5S. The number of hydrogen-bond acceptors (Lipinski definition) is 7. The zero-order chi connectivity index (χ0) is 20.4. The molecule has 0 saturated carbocycles. The third-order valence-electron chi connectivity index (χ3n) is 3.96. The molecule has 2 heterocycles. The molecule has 9 nitrogen and oxygen atoms in total. The quantitative estimate of drug-likeness (QED) is 0.374. The molecule has 0 radical (unpaired) electrons. The van der Waals surface area contributed by atoms with Gasteiger partial charge in [-0.1, -0.05) is 23.5 Å². The van der Waals surface area contributed by atoms with Crippen molar-refractivity contribution in [3.05, 3.63) is 82.3 Å². The Morgan fingerprint density at radius 3 is 2.62 bits per heavy atom. The van der Waals surface area contributed by atoms with E-state index >= 15 is 0 Å². The van der Waals surface area contributed by atoms with Gasteiger partial charge in [0.2, 0.25) is 0 Å². The van der Waals surface area contributed by atoms with Crippen LogP contribution < -0.4 is 10.6 Å². The predicted octanol–water partition coefficient (Wildman–Crippen LogP) is 4.30. The van der Waals surface area contributed by atoms with E-state index in [0.717, 1.165) is 4.70 Å². The summed E-state index contributed by atoms with van der Waals surface area (Å²) in [4.78, 5) is 39.3. The minimum Gasteiger partial charge on any atom is -0.459 e. The Kier molecular flexibility index (Phi) is 4.75. The van der Waals surface area contributed by atoms with Gasteiger partial charge in [0.1, 0.15) is 5.56 Å². The summed E-state index contributed by atoms with van der Waals surface area (Å²) in [5.74, 6) is -0.840. The number of nitro benzene ring substituents is 1. The van der Waals surface area contributed by atoms with Crippen LogP contribution in [0.25, 0.3) is 10.2 Å². The second kappa shape index (κ2) is 7.52. The fourth-order valence-electron chi connectivity index (χ4n) is 2.65. The molecule has 0 saturated heterocycles. The summed E-state index contributed by atoms with van der Waals surface area (Å²) >= 11 is 1.22. The van der Waals surface area contributed by atoms with Crippen molar-refractivity contribution in [2.45, 2.75) is 0 Å². The number of carbonyl (C=O) groups excluding carboxylic acids is 2. The van der Waals surface area contributed by atoms with Gasteiger partial charge in [-0.15, -0.1) is 0 Å². The van der Waals surface area contributed by atoms with Gasteiger partial charge in [-0.3, -0.25) is 25.0 Å². The molecule has 0 bridgehead atoms. The van der Waals surface area contributed by atoms with Crippen molar-refractivity contribution >= 4 is 49.9 Å². The second-order valence-electron chi connectivity index (χ2n) is 5.86. The molecule has 144 valence electrons. The first-order valence-corrected chi connectivity index (χ1v) is 9.13. The van der Waals surface area contributed by atoms with Crippen LogP contribution in [-0.2, 0) is 0 Å². The molecule has 2 aromatic heterocycles. The Hall–Kier alpha value is -4.05. The van der Waals surface area contributed by atoms with E-state index in [1.165, 1.54) is 35.8 Å². The largest absolute Gasteiger partial charge is 0.459 e. The van der Waals surface area contributed by atoms with E-state index < -0.39 is 16.7 Å². The highest BCUT2D eigenvalue weighted by atomic mass is 32.1. The highest BCUT2D eigenvalue weighted by Gasteiger charge is 2.19. The van der Waals surface area contributed by atoms with Gasteiger partial charge in [0, 0.05) is 11.8 Å². The van der Waals surface area contributed by atoms with Gasteiger partial charge in [0.15, 0.2) is 10.9 Å². The average molecular weight is 408 g/mol. The normalized spacial score (nSPS) is 10.6. The zero-order valence-corrected chi connectivity index (χ0v) is 15.4. The van der Waals surface area contributed by atoms with Gasteiger partial charge in [-0.25, -0.2) is 4.98 Å². The second-order valence-corrected chi connectivity index (χ2v) is 6.89. The Morgan fingerprint density at radius 1 is 1.03 bits per heavy atom. The fourth-order valence-corrected chi connectivity index (χ4v) is 3.55. The summed E-state index contributed by atoms with van der Waals surface area (Å²) in [5.41, 5.74) is 0.779. The van der Waals surface area contributed by atoms with Crippen LogP contribution in [0.2, 0.25) is 0 Å². The number of para-hydroxylation sites is 1. The van der Waals surface area contributed by atoms with Crippen LogP contribution in [0.5, 0.6) is 0 Å². The number of aromatic nitrogens is 1. The molecule has 29 heavy (non-hydrogen) atoms. The van der Waals surface area contributed by atoms with Crippen LogP contribution in [0.4, 0.5) is 16.5 Å². The molecule has 0 atom stereocenters. The van der Waals surface area contributed by atoms with E-state index in [1.54, 1.807) is 36.4 Å². The van der Waals surface area contributed by atoms with Crippen LogP contribution >= 0.6 is 11.3 Å². The summed E-state index contributed by atoms with van der Waals surface area (Å²) in [5, 5.41) is 16.8. The number of nitro groups is 1. The van der Waals surface area contributed by atoms with E-state index in [0.29, 0.717) is 16.3 Å². The van der Waals surface area contributed by atoms with Crippen LogP contribution in [0.3, 0.4) is 0 Å². The smallest absolute Gasteiger partial charge is 0.293 e. The number of nitrogens with one attached hydrogen (secondary N) is 2. The van der Waals surface area contributed by atoms with E-state index in [4.69, 9.17) is 4.42 Å². The van der Waals surface area contributed by atoms with Gasteiger partial charge >= 0.3 is 0 Å². The molecule has 10 heteroatoms. The SMILES string of the molecule is O=C(Nc1nc2ccc(NC(=O)c3ccccc3[N+](=O)[O-])cc2s1)c1ccco1. The van der Waals surface area contributed by atoms with Crippen molar-refractivity contribution in [2.24, 2.45) is 0 Å². The predicted molar refractivity (Wildman–Crippen MR) is 107 cm³/mol. The maximum atomic E-state index is 12.5. The standard InChI is InChI=1S/C19H12N4O5S/c24-17(12-4-1-2-5-14(12)23(26)27)20-11-7-8-13-16(10-11)29-19(21-13)22-18(25)15-6-3-9-28-15/h1-10H,(H,20,24)(H,21,22,25). The molecule has 0 aliphatic carbocycles. The highest BCUT2D eigenvalue weighted by molar-refractivity contribution is 7.22. The Balaban J connectivity index is 1.54. The molecule has 0 unspecified atom stereocenters. The Morgan fingerprint density at radius 2 is 1.86 bits per heavy atom. The number of hydrogen-bond donors (Lipinski definition) is 2. The number of amides is 2. The molecule has 2 aromatic carbocycles. The van der Waals surface area contributed by atoms with Gasteiger partial charge < -0.3 is 9.73 Å². The summed E-state index contributed by atoms with van der Waals surface area (Å²) in [6.45, 7) is 0. The van der Waals surface area contributed by atoms with Crippen molar-refractivity contribution in [1.29, 1.82) is 0 Å². The average Bonchev–Trinajstić information content (AvgIpc) is 3.37. The zero-order valence-electron chi connectivity index (χ0n) is 14.6. The van der Waals surface area contributed by atoms with Crippen LogP contribution in [-0.4, -0.2) is 21.7 Å². The van der Waals surface area contributed by atoms with Crippen molar-refractivity contribution in [3.8, 4) is 0 Å². The Labute approximate surface area is 167 Å².